The van der Waals surface area contributed by atoms with Gasteiger partial charge in [0, 0.05) is 6.61 Å². The van der Waals surface area contributed by atoms with Crippen molar-refractivity contribution in [2.24, 2.45) is 5.92 Å². The molecule has 1 amide bonds. The number of aromatic hydroxyl groups is 1. The first kappa shape index (κ1) is 12.4. The standard InChI is InChI=1S/C12H13NO5/c14-10-8(12(16)17)2-1-3-9(10)13-11(15)7-4-5-18-6-7/h1-3,7,14H,4-6H2,(H,13,15)(H,16,17). The van der Waals surface area contributed by atoms with Crippen LogP contribution in [0.1, 0.15) is 16.8 Å². The minimum Gasteiger partial charge on any atom is -0.505 e. The highest BCUT2D eigenvalue weighted by molar-refractivity contribution is 5.98. The number of benzene rings is 1. The number of hydrogen-bond donors (Lipinski definition) is 3. The zero-order valence-electron chi connectivity index (χ0n) is 9.55. The van der Waals surface area contributed by atoms with Gasteiger partial charge in [0.05, 0.1) is 18.2 Å². The SMILES string of the molecule is O=C(O)c1cccc(NC(=O)C2CCOC2)c1O. The summed E-state index contributed by atoms with van der Waals surface area (Å²) in [5.74, 6) is -2.20. The number of para-hydroxylation sites is 1. The van der Waals surface area contributed by atoms with Gasteiger partial charge < -0.3 is 20.3 Å². The smallest absolute Gasteiger partial charge is 0.339 e. The minimum absolute atomic E-state index is 0.104. The van der Waals surface area contributed by atoms with Gasteiger partial charge in [0.25, 0.3) is 0 Å². The van der Waals surface area contributed by atoms with Crippen LogP contribution in [0.3, 0.4) is 0 Å². The van der Waals surface area contributed by atoms with Crippen molar-refractivity contribution in [1.82, 2.24) is 0 Å². The predicted molar refractivity (Wildman–Crippen MR) is 62.6 cm³/mol. The lowest BCUT2D eigenvalue weighted by molar-refractivity contribution is -0.119. The number of phenols is 1. The van der Waals surface area contributed by atoms with Gasteiger partial charge in [-0.2, -0.15) is 0 Å². The molecule has 6 nitrogen and oxygen atoms in total. The van der Waals surface area contributed by atoms with E-state index in [1.807, 2.05) is 0 Å². The number of hydrogen-bond acceptors (Lipinski definition) is 4. The molecule has 0 spiro atoms. The third kappa shape index (κ3) is 2.43. The lowest BCUT2D eigenvalue weighted by Gasteiger charge is -2.11. The summed E-state index contributed by atoms with van der Waals surface area (Å²) in [5, 5.41) is 21.1. The number of rotatable bonds is 3. The van der Waals surface area contributed by atoms with Crippen LogP contribution in [-0.4, -0.2) is 35.3 Å². The number of carbonyl (C=O) groups excluding carboxylic acids is 1. The highest BCUT2D eigenvalue weighted by Gasteiger charge is 2.24. The molecule has 0 saturated carbocycles. The Balaban J connectivity index is 2.16. The molecule has 2 rings (SSSR count). The van der Waals surface area contributed by atoms with Gasteiger partial charge in [0.2, 0.25) is 5.91 Å². The van der Waals surface area contributed by atoms with Crippen LogP contribution in [0.15, 0.2) is 18.2 Å². The van der Waals surface area contributed by atoms with E-state index in [1.165, 1.54) is 18.2 Å². The number of carbonyl (C=O) groups is 2. The Morgan fingerprint density at radius 2 is 2.17 bits per heavy atom. The molecule has 96 valence electrons. The van der Waals surface area contributed by atoms with E-state index in [2.05, 4.69) is 5.32 Å². The molecule has 1 aliphatic heterocycles. The zero-order valence-corrected chi connectivity index (χ0v) is 9.55. The van der Waals surface area contributed by atoms with Crippen LogP contribution >= 0.6 is 0 Å². The Morgan fingerprint density at radius 3 is 2.78 bits per heavy atom. The molecule has 1 saturated heterocycles. The summed E-state index contributed by atoms with van der Waals surface area (Å²) in [5.41, 5.74) is -0.137. The number of aromatic carboxylic acids is 1. The molecule has 0 aliphatic carbocycles. The molecule has 1 atom stereocenters. The van der Waals surface area contributed by atoms with Gasteiger partial charge in [0.1, 0.15) is 5.56 Å². The Kier molecular flexibility index (Phi) is 3.47. The number of amides is 1. The summed E-state index contributed by atoms with van der Waals surface area (Å²) in [4.78, 5) is 22.6. The maximum Gasteiger partial charge on any atom is 0.339 e. The van der Waals surface area contributed by atoms with E-state index in [-0.39, 0.29) is 23.1 Å². The first-order chi connectivity index (χ1) is 8.59. The average Bonchev–Trinajstić information content (AvgIpc) is 2.85. The van der Waals surface area contributed by atoms with Crippen LogP contribution < -0.4 is 5.32 Å². The van der Waals surface area contributed by atoms with Gasteiger partial charge in [-0.1, -0.05) is 6.07 Å². The second-order valence-electron chi connectivity index (χ2n) is 4.06. The molecule has 1 unspecified atom stereocenters. The van der Waals surface area contributed by atoms with E-state index >= 15 is 0 Å². The minimum atomic E-state index is -1.24. The van der Waals surface area contributed by atoms with Crippen LogP contribution in [0.2, 0.25) is 0 Å². The van der Waals surface area contributed by atoms with Gasteiger partial charge in [0.15, 0.2) is 5.75 Å². The van der Waals surface area contributed by atoms with Gasteiger partial charge in [-0.3, -0.25) is 4.79 Å². The third-order valence-corrected chi connectivity index (χ3v) is 2.82. The fraction of sp³-hybridized carbons (Fsp3) is 0.333. The van der Waals surface area contributed by atoms with Crippen molar-refractivity contribution in [3.05, 3.63) is 23.8 Å². The summed E-state index contributed by atoms with van der Waals surface area (Å²) < 4.78 is 5.09. The number of anilines is 1. The Hall–Kier alpha value is -2.08. The van der Waals surface area contributed by atoms with E-state index in [0.717, 1.165) is 0 Å². The third-order valence-electron chi connectivity index (χ3n) is 2.82. The van der Waals surface area contributed by atoms with Crippen molar-refractivity contribution < 1.29 is 24.5 Å². The molecule has 1 aromatic rings. The van der Waals surface area contributed by atoms with E-state index in [0.29, 0.717) is 19.6 Å². The molecule has 1 aliphatic rings. The Bertz CT molecular complexity index is 479. The fourth-order valence-corrected chi connectivity index (χ4v) is 1.79. The zero-order chi connectivity index (χ0) is 13.1. The van der Waals surface area contributed by atoms with Crippen molar-refractivity contribution >= 4 is 17.6 Å². The summed E-state index contributed by atoms with van der Waals surface area (Å²) in [6.45, 7) is 0.893. The maximum absolute atomic E-state index is 11.8. The van der Waals surface area contributed by atoms with Crippen LogP contribution in [0.4, 0.5) is 5.69 Å². The predicted octanol–water partition coefficient (Wildman–Crippen LogP) is 1.07. The summed E-state index contributed by atoms with van der Waals surface area (Å²) in [6.07, 6.45) is 0.630. The van der Waals surface area contributed by atoms with Crippen LogP contribution in [0.25, 0.3) is 0 Å². The van der Waals surface area contributed by atoms with E-state index in [1.54, 1.807) is 0 Å². The quantitative estimate of drug-likeness (QED) is 0.698. The summed E-state index contributed by atoms with van der Waals surface area (Å²) >= 11 is 0. The number of ether oxygens (including phenoxy) is 1. The topological polar surface area (TPSA) is 95.9 Å². The molecule has 6 heteroatoms. The van der Waals surface area contributed by atoms with E-state index in [9.17, 15) is 14.7 Å². The Labute approximate surface area is 103 Å². The fourth-order valence-electron chi connectivity index (χ4n) is 1.79. The highest BCUT2D eigenvalue weighted by atomic mass is 16.5. The largest absolute Gasteiger partial charge is 0.505 e. The molecule has 0 bridgehead atoms. The molecule has 18 heavy (non-hydrogen) atoms. The molecular weight excluding hydrogens is 238 g/mol. The van der Waals surface area contributed by atoms with Crippen LogP contribution in [0, 0.1) is 5.92 Å². The number of nitrogens with one attached hydrogen (secondary N) is 1. The molecule has 0 radical (unpaired) electrons. The monoisotopic (exact) mass is 251 g/mol. The summed E-state index contributed by atoms with van der Waals surface area (Å²) in [7, 11) is 0. The van der Waals surface area contributed by atoms with E-state index < -0.39 is 11.7 Å². The number of carboxylic acids is 1. The van der Waals surface area contributed by atoms with Crippen LogP contribution in [-0.2, 0) is 9.53 Å². The molecule has 0 aromatic heterocycles. The lowest BCUT2D eigenvalue weighted by atomic mass is 10.1. The van der Waals surface area contributed by atoms with Crippen molar-refractivity contribution in [3.8, 4) is 5.75 Å². The van der Waals surface area contributed by atoms with Crippen molar-refractivity contribution in [2.75, 3.05) is 18.5 Å². The molecule has 1 fully saturated rings. The first-order valence-corrected chi connectivity index (χ1v) is 5.53. The molecule has 3 N–H and O–H groups in total. The van der Waals surface area contributed by atoms with Gasteiger partial charge in [-0.25, -0.2) is 4.79 Å². The number of carboxylic acid groups (broad SMARTS) is 1. The highest BCUT2D eigenvalue weighted by Crippen LogP contribution is 2.28. The first-order valence-electron chi connectivity index (χ1n) is 5.53. The average molecular weight is 251 g/mol. The van der Waals surface area contributed by atoms with Crippen molar-refractivity contribution in [2.45, 2.75) is 6.42 Å². The van der Waals surface area contributed by atoms with E-state index in [4.69, 9.17) is 9.84 Å². The second kappa shape index (κ2) is 5.05. The second-order valence-corrected chi connectivity index (χ2v) is 4.06. The lowest BCUT2D eigenvalue weighted by Crippen LogP contribution is -2.23. The van der Waals surface area contributed by atoms with Crippen molar-refractivity contribution in [1.29, 1.82) is 0 Å². The maximum atomic E-state index is 11.8. The molecule has 1 heterocycles. The van der Waals surface area contributed by atoms with Crippen molar-refractivity contribution in [3.63, 3.8) is 0 Å². The molecule has 1 aromatic carbocycles. The van der Waals surface area contributed by atoms with Gasteiger partial charge in [-0.05, 0) is 18.6 Å². The summed E-state index contributed by atoms with van der Waals surface area (Å²) in [6, 6.07) is 4.19. The molecular formula is C12H13NO5. The van der Waals surface area contributed by atoms with Gasteiger partial charge >= 0.3 is 5.97 Å². The van der Waals surface area contributed by atoms with Crippen LogP contribution in [0.5, 0.6) is 5.75 Å². The van der Waals surface area contributed by atoms with Gasteiger partial charge in [-0.15, -0.1) is 0 Å². The normalized spacial score (nSPS) is 18.6. The Morgan fingerprint density at radius 1 is 1.39 bits per heavy atom.